The van der Waals surface area contributed by atoms with E-state index >= 15 is 0 Å². The van der Waals surface area contributed by atoms with Crippen LogP contribution in [-0.4, -0.2) is 32.7 Å². The molecule has 0 atom stereocenters. The minimum absolute atomic E-state index is 0.0787. The number of nitrogens with zero attached hydrogens (tertiary/aromatic N) is 1. The lowest BCUT2D eigenvalue weighted by atomic mass is 10.3. The summed E-state index contributed by atoms with van der Waals surface area (Å²) in [5, 5.41) is 3.03. The van der Waals surface area contributed by atoms with Crippen LogP contribution in [0.5, 0.6) is 0 Å². The molecule has 0 aliphatic rings. The summed E-state index contributed by atoms with van der Waals surface area (Å²) in [7, 11) is -1.70. The van der Waals surface area contributed by atoms with Crippen molar-refractivity contribution in [2.24, 2.45) is 0 Å². The quantitative estimate of drug-likeness (QED) is 0.691. The Morgan fingerprint density at radius 1 is 1.38 bits per heavy atom. The molecule has 0 amide bonds. The van der Waals surface area contributed by atoms with Gasteiger partial charge in [-0.15, -0.1) is 0 Å². The van der Waals surface area contributed by atoms with E-state index in [0.29, 0.717) is 13.1 Å². The Labute approximate surface area is 96.3 Å². The summed E-state index contributed by atoms with van der Waals surface area (Å²) in [6, 6.07) is 3.91. The molecular weight excluding hydrogens is 226 g/mol. The van der Waals surface area contributed by atoms with Gasteiger partial charge in [-0.2, -0.15) is 0 Å². The Morgan fingerprint density at radius 2 is 2.12 bits per heavy atom. The Bertz CT molecular complexity index is 414. The molecule has 0 aromatic carbocycles. The lowest BCUT2D eigenvalue weighted by Gasteiger charge is -2.05. The van der Waals surface area contributed by atoms with Crippen molar-refractivity contribution in [2.75, 3.05) is 19.3 Å². The number of aryl methyl sites for hydroxylation is 1. The van der Waals surface area contributed by atoms with Gasteiger partial charge in [-0.3, -0.25) is 4.98 Å². The van der Waals surface area contributed by atoms with Gasteiger partial charge in [0.25, 0.3) is 0 Å². The van der Waals surface area contributed by atoms with Crippen LogP contribution in [0.25, 0.3) is 0 Å². The molecule has 90 valence electrons. The summed E-state index contributed by atoms with van der Waals surface area (Å²) in [6.45, 7) is 2.97. The zero-order chi connectivity index (χ0) is 12.0. The van der Waals surface area contributed by atoms with E-state index in [4.69, 9.17) is 0 Å². The summed E-state index contributed by atoms with van der Waals surface area (Å²) < 4.78 is 24.4. The SMILES string of the molecule is CNS(=O)(=O)CCNCc1ccc(C)cn1. The molecule has 5 nitrogen and oxygen atoms in total. The first-order valence-electron chi connectivity index (χ1n) is 5.07. The minimum Gasteiger partial charge on any atom is -0.310 e. The lowest BCUT2D eigenvalue weighted by Crippen LogP contribution is -2.29. The summed E-state index contributed by atoms with van der Waals surface area (Å²) in [4.78, 5) is 4.20. The lowest BCUT2D eigenvalue weighted by molar-refractivity contribution is 0.582. The summed E-state index contributed by atoms with van der Waals surface area (Å²) in [5.41, 5.74) is 2.02. The van der Waals surface area contributed by atoms with Crippen LogP contribution in [0.15, 0.2) is 18.3 Å². The molecule has 1 heterocycles. The molecule has 0 saturated carbocycles. The van der Waals surface area contributed by atoms with Gasteiger partial charge in [-0.05, 0) is 25.6 Å². The van der Waals surface area contributed by atoms with Crippen LogP contribution in [0.2, 0.25) is 0 Å². The number of hydrogen-bond acceptors (Lipinski definition) is 4. The van der Waals surface area contributed by atoms with Crippen molar-refractivity contribution in [1.82, 2.24) is 15.0 Å². The number of aromatic nitrogens is 1. The maximum atomic E-state index is 11.1. The van der Waals surface area contributed by atoms with Crippen LogP contribution in [0.4, 0.5) is 0 Å². The number of rotatable bonds is 6. The summed E-state index contributed by atoms with van der Waals surface area (Å²) in [5.74, 6) is 0.0787. The van der Waals surface area contributed by atoms with Crippen LogP contribution in [0.1, 0.15) is 11.3 Å². The highest BCUT2D eigenvalue weighted by Gasteiger charge is 2.05. The first-order chi connectivity index (χ1) is 7.53. The number of pyridine rings is 1. The fourth-order valence-corrected chi connectivity index (χ4v) is 1.75. The molecule has 0 aliphatic heterocycles. The van der Waals surface area contributed by atoms with Crippen LogP contribution in [0, 0.1) is 6.92 Å². The van der Waals surface area contributed by atoms with Crippen LogP contribution < -0.4 is 10.0 Å². The Kier molecular flexibility index (Phi) is 4.85. The molecule has 0 saturated heterocycles. The third kappa shape index (κ3) is 4.69. The third-order valence-corrected chi connectivity index (χ3v) is 3.50. The van der Waals surface area contributed by atoms with E-state index in [9.17, 15) is 8.42 Å². The molecule has 1 rings (SSSR count). The second kappa shape index (κ2) is 5.93. The van der Waals surface area contributed by atoms with Crippen LogP contribution in [-0.2, 0) is 16.6 Å². The van der Waals surface area contributed by atoms with E-state index in [2.05, 4.69) is 15.0 Å². The second-order valence-corrected chi connectivity index (χ2v) is 5.57. The van der Waals surface area contributed by atoms with Gasteiger partial charge >= 0.3 is 0 Å². The molecule has 1 aromatic rings. The number of sulfonamides is 1. The highest BCUT2D eigenvalue weighted by molar-refractivity contribution is 7.89. The van der Waals surface area contributed by atoms with Crippen molar-refractivity contribution < 1.29 is 8.42 Å². The monoisotopic (exact) mass is 243 g/mol. The first kappa shape index (κ1) is 13.1. The molecule has 2 N–H and O–H groups in total. The average Bonchev–Trinajstić information content (AvgIpc) is 2.27. The molecule has 16 heavy (non-hydrogen) atoms. The molecule has 0 aliphatic carbocycles. The standard InChI is InChI=1S/C10H17N3O2S/c1-9-3-4-10(13-7-9)8-12-5-6-16(14,15)11-2/h3-4,7,11-12H,5-6,8H2,1-2H3. The van der Waals surface area contributed by atoms with Gasteiger partial charge in [0.05, 0.1) is 11.4 Å². The van der Waals surface area contributed by atoms with Crippen LogP contribution >= 0.6 is 0 Å². The Hall–Kier alpha value is -0.980. The van der Waals surface area contributed by atoms with E-state index in [1.54, 1.807) is 6.20 Å². The first-order valence-corrected chi connectivity index (χ1v) is 6.72. The molecular formula is C10H17N3O2S. The van der Waals surface area contributed by atoms with Crippen molar-refractivity contribution in [3.8, 4) is 0 Å². The third-order valence-electron chi connectivity index (χ3n) is 2.14. The molecule has 0 unspecified atom stereocenters. The van der Waals surface area contributed by atoms with Crippen molar-refractivity contribution in [3.63, 3.8) is 0 Å². The van der Waals surface area contributed by atoms with E-state index in [0.717, 1.165) is 11.3 Å². The Balaban J connectivity index is 2.29. The molecule has 6 heteroatoms. The van der Waals surface area contributed by atoms with Gasteiger partial charge in [0.2, 0.25) is 10.0 Å². The second-order valence-electron chi connectivity index (χ2n) is 3.53. The molecule has 0 radical (unpaired) electrons. The van der Waals surface area contributed by atoms with Crippen molar-refractivity contribution >= 4 is 10.0 Å². The van der Waals surface area contributed by atoms with Gasteiger partial charge in [-0.1, -0.05) is 6.07 Å². The topological polar surface area (TPSA) is 71.1 Å². The fraction of sp³-hybridized carbons (Fsp3) is 0.500. The largest absolute Gasteiger partial charge is 0.310 e. The van der Waals surface area contributed by atoms with E-state index in [1.807, 2.05) is 19.1 Å². The van der Waals surface area contributed by atoms with Gasteiger partial charge in [0.15, 0.2) is 0 Å². The predicted octanol–water partition coefficient (Wildman–Crippen LogP) is 0.0288. The van der Waals surface area contributed by atoms with Crippen LogP contribution in [0.3, 0.4) is 0 Å². The van der Waals surface area contributed by atoms with Gasteiger partial charge in [0, 0.05) is 19.3 Å². The van der Waals surface area contributed by atoms with Crippen molar-refractivity contribution in [1.29, 1.82) is 0 Å². The molecule has 1 aromatic heterocycles. The summed E-state index contributed by atoms with van der Waals surface area (Å²) in [6.07, 6.45) is 1.79. The maximum Gasteiger partial charge on any atom is 0.212 e. The predicted molar refractivity (Wildman–Crippen MR) is 63.5 cm³/mol. The summed E-state index contributed by atoms with van der Waals surface area (Å²) >= 11 is 0. The van der Waals surface area contributed by atoms with E-state index in [1.165, 1.54) is 7.05 Å². The molecule has 0 bridgehead atoms. The van der Waals surface area contributed by atoms with Gasteiger partial charge < -0.3 is 5.32 Å². The highest BCUT2D eigenvalue weighted by Crippen LogP contribution is 1.97. The smallest absolute Gasteiger partial charge is 0.212 e. The Morgan fingerprint density at radius 3 is 2.69 bits per heavy atom. The zero-order valence-corrected chi connectivity index (χ0v) is 10.3. The molecule has 0 fully saturated rings. The minimum atomic E-state index is -3.11. The average molecular weight is 243 g/mol. The molecule has 0 spiro atoms. The van der Waals surface area contributed by atoms with Crippen molar-refractivity contribution in [3.05, 3.63) is 29.6 Å². The fourth-order valence-electron chi connectivity index (χ4n) is 1.13. The normalized spacial score (nSPS) is 11.6. The zero-order valence-electron chi connectivity index (χ0n) is 9.53. The number of hydrogen-bond donors (Lipinski definition) is 2. The number of nitrogens with one attached hydrogen (secondary N) is 2. The van der Waals surface area contributed by atoms with E-state index < -0.39 is 10.0 Å². The highest BCUT2D eigenvalue weighted by atomic mass is 32.2. The van der Waals surface area contributed by atoms with E-state index in [-0.39, 0.29) is 5.75 Å². The maximum absolute atomic E-state index is 11.1. The van der Waals surface area contributed by atoms with Gasteiger partial charge in [-0.25, -0.2) is 13.1 Å². The van der Waals surface area contributed by atoms with Gasteiger partial charge in [0.1, 0.15) is 0 Å². The van der Waals surface area contributed by atoms with Crippen molar-refractivity contribution in [2.45, 2.75) is 13.5 Å².